The second-order valence-corrected chi connectivity index (χ2v) is 5.02. The summed E-state index contributed by atoms with van der Waals surface area (Å²) in [4.78, 5) is 11.7. The van der Waals surface area contributed by atoms with Crippen LogP contribution in [0.5, 0.6) is 5.75 Å². The summed E-state index contributed by atoms with van der Waals surface area (Å²) in [5.41, 5.74) is 1.28. The topological polar surface area (TPSA) is 51.5 Å². The van der Waals surface area contributed by atoms with Gasteiger partial charge in [0.05, 0.1) is 12.8 Å². The molecule has 1 aromatic heterocycles. The first-order chi connectivity index (χ1) is 10.2. The maximum atomic E-state index is 11.7. The number of furan rings is 1. The molecular formula is C17H21NO3. The number of rotatable bonds is 7. The Morgan fingerprint density at radius 2 is 2.05 bits per heavy atom. The van der Waals surface area contributed by atoms with Crippen molar-refractivity contribution in [1.29, 1.82) is 0 Å². The fourth-order valence-electron chi connectivity index (χ4n) is 1.93. The van der Waals surface area contributed by atoms with Crippen molar-refractivity contribution >= 4 is 5.91 Å². The number of hydrogen-bond donors (Lipinski definition) is 1. The summed E-state index contributed by atoms with van der Waals surface area (Å²) in [5.74, 6) is 1.80. The van der Waals surface area contributed by atoms with Gasteiger partial charge in [0.2, 0.25) is 0 Å². The van der Waals surface area contributed by atoms with Gasteiger partial charge in [-0.25, -0.2) is 0 Å². The second kappa shape index (κ2) is 7.53. The van der Waals surface area contributed by atoms with E-state index in [9.17, 15) is 4.79 Å². The van der Waals surface area contributed by atoms with Crippen LogP contribution in [0.4, 0.5) is 0 Å². The molecule has 1 atom stereocenters. The first-order valence-electron chi connectivity index (χ1n) is 7.21. The predicted octanol–water partition coefficient (Wildman–Crippen LogP) is 3.49. The Morgan fingerprint density at radius 1 is 1.29 bits per heavy atom. The number of benzene rings is 1. The molecule has 2 aromatic rings. The highest BCUT2D eigenvalue weighted by Gasteiger charge is 2.05. The number of carbonyl (C=O) groups excluding carboxylic acids is 1. The Kier molecular flexibility index (Phi) is 5.43. The fourth-order valence-corrected chi connectivity index (χ4v) is 1.93. The van der Waals surface area contributed by atoms with E-state index in [0.717, 1.165) is 12.2 Å². The molecule has 0 saturated heterocycles. The molecule has 0 aliphatic carbocycles. The molecule has 0 radical (unpaired) electrons. The van der Waals surface area contributed by atoms with Gasteiger partial charge in [0, 0.05) is 0 Å². The normalized spacial score (nSPS) is 11.9. The lowest BCUT2D eigenvalue weighted by atomic mass is 9.99. The lowest BCUT2D eigenvalue weighted by Gasteiger charge is -2.10. The van der Waals surface area contributed by atoms with Crippen LogP contribution >= 0.6 is 0 Å². The molecule has 0 saturated carbocycles. The zero-order valence-corrected chi connectivity index (χ0v) is 12.5. The van der Waals surface area contributed by atoms with E-state index >= 15 is 0 Å². The lowest BCUT2D eigenvalue weighted by Crippen LogP contribution is -2.28. The molecule has 1 aromatic carbocycles. The van der Waals surface area contributed by atoms with Gasteiger partial charge < -0.3 is 14.5 Å². The summed E-state index contributed by atoms with van der Waals surface area (Å²) in [6, 6.07) is 11.5. The van der Waals surface area contributed by atoms with Gasteiger partial charge in [0.15, 0.2) is 6.61 Å². The Bertz CT molecular complexity index is 546. The van der Waals surface area contributed by atoms with Gasteiger partial charge >= 0.3 is 0 Å². The van der Waals surface area contributed by atoms with E-state index in [-0.39, 0.29) is 12.5 Å². The van der Waals surface area contributed by atoms with Crippen LogP contribution in [0.25, 0.3) is 0 Å². The molecule has 2 rings (SSSR count). The Balaban J connectivity index is 1.75. The minimum Gasteiger partial charge on any atom is -0.484 e. The number of hydrogen-bond acceptors (Lipinski definition) is 3. The molecule has 0 spiro atoms. The standard InChI is InChI=1S/C17H21NO3/c1-3-13(2)14-6-8-15(9-7-14)21-12-17(19)18-11-16-5-4-10-20-16/h4-10,13H,3,11-12H2,1-2H3,(H,18,19)/t13-/m1/s1. The van der Waals surface area contributed by atoms with Gasteiger partial charge in [-0.1, -0.05) is 26.0 Å². The summed E-state index contributed by atoms with van der Waals surface area (Å²) in [5, 5.41) is 2.74. The van der Waals surface area contributed by atoms with Crippen molar-refractivity contribution in [3.05, 3.63) is 54.0 Å². The monoisotopic (exact) mass is 287 g/mol. The summed E-state index contributed by atoms with van der Waals surface area (Å²) in [7, 11) is 0. The quantitative estimate of drug-likeness (QED) is 0.848. The van der Waals surface area contributed by atoms with Gasteiger partial charge in [-0.2, -0.15) is 0 Å². The summed E-state index contributed by atoms with van der Waals surface area (Å²) >= 11 is 0. The molecule has 112 valence electrons. The molecule has 0 bridgehead atoms. The number of nitrogens with one attached hydrogen (secondary N) is 1. The third kappa shape index (κ3) is 4.67. The lowest BCUT2D eigenvalue weighted by molar-refractivity contribution is -0.123. The summed E-state index contributed by atoms with van der Waals surface area (Å²) < 4.78 is 10.6. The maximum absolute atomic E-state index is 11.7. The van der Waals surface area contributed by atoms with Crippen molar-refractivity contribution in [3.8, 4) is 5.75 Å². The van der Waals surface area contributed by atoms with E-state index in [2.05, 4.69) is 19.2 Å². The average Bonchev–Trinajstić information content (AvgIpc) is 3.04. The third-order valence-corrected chi connectivity index (χ3v) is 3.47. The molecule has 21 heavy (non-hydrogen) atoms. The van der Waals surface area contributed by atoms with E-state index < -0.39 is 0 Å². The first-order valence-corrected chi connectivity index (χ1v) is 7.21. The van der Waals surface area contributed by atoms with Crippen LogP contribution in [0.2, 0.25) is 0 Å². The van der Waals surface area contributed by atoms with Crippen LogP contribution < -0.4 is 10.1 Å². The van der Waals surface area contributed by atoms with Crippen molar-refractivity contribution in [2.45, 2.75) is 32.7 Å². The summed E-state index contributed by atoms with van der Waals surface area (Å²) in [6.07, 6.45) is 2.69. The van der Waals surface area contributed by atoms with Crippen molar-refractivity contribution in [3.63, 3.8) is 0 Å². The van der Waals surface area contributed by atoms with Crippen LogP contribution in [0.15, 0.2) is 47.1 Å². The zero-order valence-electron chi connectivity index (χ0n) is 12.5. The molecule has 0 aliphatic rings. The van der Waals surface area contributed by atoms with Gasteiger partial charge in [-0.15, -0.1) is 0 Å². The number of carbonyl (C=O) groups is 1. The molecule has 0 unspecified atom stereocenters. The molecule has 4 nitrogen and oxygen atoms in total. The largest absolute Gasteiger partial charge is 0.484 e. The second-order valence-electron chi connectivity index (χ2n) is 5.02. The fraction of sp³-hybridized carbons (Fsp3) is 0.353. The molecule has 1 amide bonds. The SMILES string of the molecule is CC[C@@H](C)c1ccc(OCC(=O)NCc2ccco2)cc1. The molecule has 1 heterocycles. The van der Waals surface area contributed by atoms with Gasteiger partial charge in [-0.05, 0) is 42.2 Å². The number of ether oxygens (including phenoxy) is 1. The molecule has 0 fully saturated rings. The minimum absolute atomic E-state index is 0.00336. The van der Waals surface area contributed by atoms with Crippen molar-refractivity contribution in [2.75, 3.05) is 6.61 Å². The van der Waals surface area contributed by atoms with E-state index in [1.165, 1.54) is 5.56 Å². The molecule has 1 N–H and O–H groups in total. The highest BCUT2D eigenvalue weighted by atomic mass is 16.5. The van der Waals surface area contributed by atoms with E-state index in [1.807, 2.05) is 30.3 Å². The first kappa shape index (κ1) is 15.2. The van der Waals surface area contributed by atoms with Gasteiger partial charge in [0.25, 0.3) is 5.91 Å². The maximum Gasteiger partial charge on any atom is 0.258 e. The van der Waals surface area contributed by atoms with Crippen LogP contribution in [-0.4, -0.2) is 12.5 Å². The van der Waals surface area contributed by atoms with E-state index in [0.29, 0.717) is 18.2 Å². The highest BCUT2D eigenvalue weighted by Crippen LogP contribution is 2.21. The van der Waals surface area contributed by atoms with E-state index in [1.54, 1.807) is 12.3 Å². The molecular weight excluding hydrogens is 266 g/mol. The van der Waals surface area contributed by atoms with Crippen molar-refractivity contribution in [2.24, 2.45) is 0 Å². The Labute approximate surface area is 125 Å². The molecule has 0 aliphatic heterocycles. The van der Waals surface area contributed by atoms with Crippen LogP contribution in [0.3, 0.4) is 0 Å². The number of amides is 1. The van der Waals surface area contributed by atoms with Crippen LogP contribution in [0, 0.1) is 0 Å². The Hall–Kier alpha value is -2.23. The minimum atomic E-state index is -0.169. The van der Waals surface area contributed by atoms with Crippen molar-refractivity contribution < 1.29 is 13.9 Å². The van der Waals surface area contributed by atoms with Crippen molar-refractivity contribution in [1.82, 2.24) is 5.32 Å². The zero-order chi connectivity index (χ0) is 15.1. The van der Waals surface area contributed by atoms with Gasteiger partial charge in [-0.3, -0.25) is 4.79 Å². The van der Waals surface area contributed by atoms with Gasteiger partial charge in [0.1, 0.15) is 11.5 Å². The van der Waals surface area contributed by atoms with Crippen LogP contribution in [-0.2, 0) is 11.3 Å². The summed E-state index contributed by atoms with van der Waals surface area (Å²) in [6.45, 7) is 4.74. The molecule has 4 heteroatoms. The Morgan fingerprint density at radius 3 is 2.67 bits per heavy atom. The van der Waals surface area contributed by atoms with E-state index in [4.69, 9.17) is 9.15 Å². The average molecular weight is 287 g/mol. The van der Waals surface area contributed by atoms with Crippen LogP contribution in [0.1, 0.15) is 37.5 Å². The predicted molar refractivity (Wildman–Crippen MR) is 81.2 cm³/mol. The smallest absolute Gasteiger partial charge is 0.258 e. The highest BCUT2D eigenvalue weighted by molar-refractivity contribution is 5.77. The third-order valence-electron chi connectivity index (χ3n) is 3.47.